The van der Waals surface area contributed by atoms with Crippen LogP contribution in [0.2, 0.25) is 0 Å². The van der Waals surface area contributed by atoms with Crippen molar-refractivity contribution in [2.75, 3.05) is 13.2 Å². The second-order valence-electron chi connectivity index (χ2n) is 2.82. The third kappa shape index (κ3) is 3.36. The molecule has 0 spiro atoms. The second-order valence-corrected chi connectivity index (χ2v) is 3.57. The Kier molecular flexibility index (Phi) is 3.99. The maximum absolute atomic E-state index is 5.09. The first kappa shape index (κ1) is 9.64. The van der Waals surface area contributed by atoms with Crippen LogP contribution in [0.15, 0.2) is 0 Å². The summed E-state index contributed by atoms with van der Waals surface area (Å²) in [7, 11) is 0.268. The molecular weight excluding hydrogens is 158 g/mol. The maximum Gasteiger partial charge on any atom is 0.155 e. The quantitative estimate of drug-likeness (QED) is 0.518. The van der Waals surface area contributed by atoms with Gasteiger partial charge in [0.25, 0.3) is 0 Å². The second kappa shape index (κ2) is 3.72. The van der Waals surface area contributed by atoms with Crippen molar-refractivity contribution >= 4 is 21.4 Å². The number of halogens is 1. The van der Waals surface area contributed by atoms with E-state index in [0.29, 0.717) is 0 Å². The van der Waals surface area contributed by atoms with Gasteiger partial charge in [-0.15, -0.1) is 12.4 Å². The standard InChI is InChI=1S/C5H11O2P.ClH/c1-5(2)3-6-8-7-4-5;/h8H,3-4H2,1-2H3;1H. The van der Waals surface area contributed by atoms with Crippen molar-refractivity contribution in [2.45, 2.75) is 13.8 Å². The van der Waals surface area contributed by atoms with Crippen LogP contribution in [-0.2, 0) is 9.05 Å². The van der Waals surface area contributed by atoms with Crippen LogP contribution < -0.4 is 0 Å². The number of rotatable bonds is 0. The van der Waals surface area contributed by atoms with E-state index < -0.39 is 0 Å². The van der Waals surface area contributed by atoms with Gasteiger partial charge in [-0.25, -0.2) is 0 Å². The van der Waals surface area contributed by atoms with Crippen LogP contribution in [0.25, 0.3) is 0 Å². The van der Waals surface area contributed by atoms with Gasteiger partial charge in [0.05, 0.1) is 13.2 Å². The number of hydrogen-bond donors (Lipinski definition) is 0. The predicted octanol–water partition coefficient (Wildman–Crippen LogP) is 1.99. The van der Waals surface area contributed by atoms with Gasteiger partial charge in [0.1, 0.15) is 0 Å². The van der Waals surface area contributed by atoms with Crippen molar-refractivity contribution in [2.24, 2.45) is 5.41 Å². The lowest BCUT2D eigenvalue weighted by atomic mass is 9.97. The monoisotopic (exact) mass is 170 g/mol. The summed E-state index contributed by atoms with van der Waals surface area (Å²) in [5.41, 5.74) is 0.241. The van der Waals surface area contributed by atoms with Crippen molar-refractivity contribution in [1.29, 1.82) is 0 Å². The van der Waals surface area contributed by atoms with Crippen LogP contribution in [-0.4, -0.2) is 13.2 Å². The van der Waals surface area contributed by atoms with E-state index in [1.54, 1.807) is 0 Å². The highest BCUT2D eigenvalue weighted by Crippen LogP contribution is 2.30. The van der Waals surface area contributed by atoms with Gasteiger partial charge in [-0.05, 0) is 0 Å². The van der Waals surface area contributed by atoms with Gasteiger partial charge in [0, 0.05) is 5.41 Å². The van der Waals surface area contributed by atoms with Gasteiger partial charge in [0.15, 0.2) is 9.03 Å². The Morgan fingerprint density at radius 2 is 1.67 bits per heavy atom. The number of hydrogen-bond acceptors (Lipinski definition) is 2. The van der Waals surface area contributed by atoms with Crippen LogP contribution in [0.4, 0.5) is 0 Å². The van der Waals surface area contributed by atoms with E-state index in [0.717, 1.165) is 13.2 Å². The summed E-state index contributed by atoms with van der Waals surface area (Å²) in [4.78, 5) is 0. The molecule has 4 heteroatoms. The van der Waals surface area contributed by atoms with Crippen molar-refractivity contribution in [3.8, 4) is 0 Å². The van der Waals surface area contributed by atoms with Crippen LogP contribution in [0.5, 0.6) is 0 Å². The molecule has 0 aromatic heterocycles. The lowest BCUT2D eigenvalue weighted by molar-refractivity contribution is 0.0714. The average molecular weight is 171 g/mol. The molecule has 1 rings (SSSR count). The molecule has 56 valence electrons. The molecule has 0 bridgehead atoms. The van der Waals surface area contributed by atoms with E-state index in [1.165, 1.54) is 0 Å². The zero-order chi connectivity index (χ0) is 6.04. The molecule has 1 aliphatic rings. The van der Waals surface area contributed by atoms with Gasteiger partial charge < -0.3 is 9.05 Å². The Morgan fingerprint density at radius 3 is 1.89 bits per heavy atom. The molecule has 0 N–H and O–H groups in total. The minimum Gasteiger partial charge on any atom is -0.336 e. The average Bonchev–Trinajstić information content (AvgIpc) is 1.65. The molecule has 0 aliphatic carbocycles. The topological polar surface area (TPSA) is 18.5 Å². The van der Waals surface area contributed by atoms with E-state index in [9.17, 15) is 0 Å². The first-order valence-electron chi connectivity index (χ1n) is 2.69. The largest absolute Gasteiger partial charge is 0.336 e. The lowest BCUT2D eigenvalue weighted by Crippen LogP contribution is -2.25. The molecular formula is C5H12ClO2P. The predicted molar refractivity (Wildman–Crippen MR) is 41.2 cm³/mol. The molecule has 0 atom stereocenters. The molecule has 1 heterocycles. The molecule has 0 radical (unpaired) electrons. The summed E-state index contributed by atoms with van der Waals surface area (Å²) in [5, 5.41) is 0. The van der Waals surface area contributed by atoms with E-state index in [1.807, 2.05) is 0 Å². The lowest BCUT2D eigenvalue weighted by Gasteiger charge is -2.27. The normalized spacial score (nSPS) is 24.7. The van der Waals surface area contributed by atoms with Gasteiger partial charge in [-0.1, -0.05) is 13.8 Å². The minimum absolute atomic E-state index is 0. The summed E-state index contributed by atoms with van der Waals surface area (Å²) in [5.74, 6) is 0. The summed E-state index contributed by atoms with van der Waals surface area (Å²) >= 11 is 0. The smallest absolute Gasteiger partial charge is 0.155 e. The van der Waals surface area contributed by atoms with Crippen LogP contribution in [0.1, 0.15) is 13.8 Å². The highest BCUT2D eigenvalue weighted by Gasteiger charge is 2.22. The molecule has 0 aromatic rings. The molecule has 1 aliphatic heterocycles. The molecule has 0 saturated carbocycles. The third-order valence-corrected chi connectivity index (χ3v) is 1.57. The summed E-state index contributed by atoms with van der Waals surface area (Å²) in [6.45, 7) is 5.95. The van der Waals surface area contributed by atoms with Gasteiger partial charge in [0.2, 0.25) is 0 Å². The van der Waals surface area contributed by atoms with E-state index >= 15 is 0 Å². The fraction of sp³-hybridized carbons (Fsp3) is 1.00. The van der Waals surface area contributed by atoms with E-state index in [-0.39, 0.29) is 26.9 Å². The Labute approximate surface area is 63.7 Å². The Balaban J connectivity index is 0.000000640. The Bertz CT molecular complexity index is 79.0. The Hall–Kier alpha value is 0.640. The van der Waals surface area contributed by atoms with Gasteiger partial charge in [-0.2, -0.15) is 0 Å². The van der Waals surface area contributed by atoms with Crippen LogP contribution in [0, 0.1) is 5.41 Å². The Morgan fingerprint density at radius 1 is 1.22 bits per heavy atom. The summed E-state index contributed by atoms with van der Waals surface area (Å²) < 4.78 is 10.2. The van der Waals surface area contributed by atoms with Gasteiger partial charge in [-0.3, -0.25) is 0 Å². The first-order valence-corrected chi connectivity index (χ1v) is 3.51. The fourth-order valence-electron chi connectivity index (χ4n) is 0.533. The fourth-order valence-corrected chi connectivity index (χ4v) is 1.52. The summed E-state index contributed by atoms with van der Waals surface area (Å²) in [6, 6.07) is 0. The minimum atomic E-state index is 0. The van der Waals surface area contributed by atoms with Crippen LogP contribution in [0.3, 0.4) is 0 Å². The van der Waals surface area contributed by atoms with Crippen molar-refractivity contribution < 1.29 is 9.05 Å². The summed E-state index contributed by atoms with van der Waals surface area (Å²) in [6.07, 6.45) is 0. The highest BCUT2D eigenvalue weighted by molar-refractivity contribution is 7.26. The molecule has 9 heavy (non-hydrogen) atoms. The van der Waals surface area contributed by atoms with Crippen molar-refractivity contribution in [1.82, 2.24) is 0 Å². The molecule has 0 unspecified atom stereocenters. The van der Waals surface area contributed by atoms with E-state index in [4.69, 9.17) is 9.05 Å². The van der Waals surface area contributed by atoms with Gasteiger partial charge >= 0.3 is 0 Å². The van der Waals surface area contributed by atoms with Crippen molar-refractivity contribution in [3.63, 3.8) is 0 Å². The first-order chi connectivity index (χ1) is 3.71. The van der Waals surface area contributed by atoms with Crippen LogP contribution >= 0.6 is 21.4 Å². The molecule has 2 nitrogen and oxygen atoms in total. The maximum atomic E-state index is 5.09. The molecule has 0 aromatic carbocycles. The third-order valence-electron chi connectivity index (χ3n) is 1.04. The zero-order valence-corrected chi connectivity index (χ0v) is 7.46. The van der Waals surface area contributed by atoms with Crippen molar-refractivity contribution in [3.05, 3.63) is 0 Å². The molecule has 1 fully saturated rings. The zero-order valence-electron chi connectivity index (χ0n) is 5.64. The highest BCUT2D eigenvalue weighted by atomic mass is 35.5. The van der Waals surface area contributed by atoms with E-state index in [2.05, 4.69) is 13.8 Å². The molecule has 0 amide bonds. The SMILES string of the molecule is CC1(C)COPOC1.Cl. The molecule has 1 saturated heterocycles.